The highest BCUT2D eigenvalue weighted by Crippen LogP contribution is 2.12. The van der Waals surface area contributed by atoms with Crippen molar-refractivity contribution in [1.29, 1.82) is 0 Å². The number of nitrogens with zero attached hydrogens (tertiary/aromatic N) is 1. The van der Waals surface area contributed by atoms with Gasteiger partial charge < -0.3 is 4.48 Å². The molecule has 0 fully saturated rings. The number of rotatable bonds is 16. The van der Waals surface area contributed by atoms with Crippen LogP contribution in [0.4, 0.5) is 0 Å². The lowest BCUT2D eigenvalue weighted by Crippen LogP contribution is -2.39. The van der Waals surface area contributed by atoms with Crippen LogP contribution in [0, 0.1) is 0 Å². The minimum Gasteiger partial charge on any atom is -0.329 e. The Labute approximate surface area is 140 Å². The van der Waals surface area contributed by atoms with Gasteiger partial charge in [-0.1, -0.05) is 58.3 Å². The molecule has 0 aromatic heterocycles. The summed E-state index contributed by atoms with van der Waals surface area (Å²) in [5.41, 5.74) is 0. The molecule has 0 unspecified atom stereocenters. The van der Waals surface area contributed by atoms with Gasteiger partial charge >= 0.3 is 0 Å². The van der Waals surface area contributed by atoms with Crippen molar-refractivity contribution in [1.82, 2.24) is 0 Å². The fourth-order valence-corrected chi connectivity index (χ4v) is 2.78. The summed E-state index contributed by atoms with van der Waals surface area (Å²) in [5.74, 6) is 0.491. The summed E-state index contributed by atoms with van der Waals surface area (Å²) < 4.78 is 1.08. The van der Waals surface area contributed by atoms with E-state index in [1.54, 1.807) is 0 Å². The van der Waals surface area contributed by atoms with Crippen molar-refractivity contribution in [3.8, 4) is 0 Å². The molecule has 0 saturated heterocycles. The van der Waals surface area contributed by atoms with Crippen LogP contribution in [0.1, 0.15) is 97.3 Å². The second kappa shape index (κ2) is 14.2. The predicted molar refractivity (Wildman–Crippen MR) is 98.2 cm³/mol. The van der Waals surface area contributed by atoms with Gasteiger partial charge in [-0.25, -0.2) is 0 Å². The predicted octanol–water partition coefficient (Wildman–Crippen LogP) is 5.74. The molecule has 0 aromatic rings. The highest BCUT2D eigenvalue weighted by molar-refractivity contribution is 5.78. The van der Waals surface area contributed by atoms with Gasteiger partial charge in [0, 0.05) is 12.8 Å². The highest BCUT2D eigenvalue weighted by atomic mass is 16.1. The number of carbonyl (C=O) groups is 1. The molecule has 0 atom stereocenters. The first kappa shape index (κ1) is 21.6. The number of hydrogen-bond acceptors (Lipinski definition) is 1. The van der Waals surface area contributed by atoms with E-state index in [1.165, 1.54) is 70.9 Å². The van der Waals surface area contributed by atoms with Gasteiger partial charge in [0.15, 0.2) is 0 Å². The van der Waals surface area contributed by atoms with E-state index in [0.717, 1.165) is 30.2 Å². The molecule has 2 nitrogen and oxygen atoms in total. The molecule has 0 aliphatic rings. The monoisotopic (exact) mass is 312 g/mol. The molecule has 0 radical (unpaired) electrons. The average Bonchev–Trinajstić information content (AvgIpc) is 2.50. The first-order valence-electron chi connectivity index (χ1n) is 9.85. The van der Waals surface area contributed by atoms with Gasteiger partial charge in [-0.2, -0.15) is 0 Å². The van der Waals surface area contributed by atoms with Crippen LogP contribution in [-0.2, 0) is 4.79 Å². The summed E-state index contributed by atoms with van der Waals surface area (Å²) in [6.07, 6.45) is 15.9. The van der Waals surface area contributed by atoms with Crippen LogP contribution in [0.3, 0.4) is 0 Å². The smallest absolute Gasteiger partial charge is 0.132 e. The molecule has 0 aliphatic carbocycles. The Morgan fingerprint density at radius 3 is 1.64 bits per heavy atom. The lowest BCUT2D eigenvalue weighted by molar-refractivity contribution is -0.888. The fourth-order valence-electron chi connectivity index (χ4n) is 2.78. The van der Waals surface area contributed by atoms with Crippen molar-refractivity contribution in [2.24, 2.45) is 0 Å². The zero-order chi connectivity index (χ0) is 16.7. The third kappa shape index (κ3) is 14.6. The Balaban J connectivity index is 3.29. The van der Waals surface area contributed by atoms with Gasteiger partial charge in [0.1, 0.15) is 5.78 Å². The maximum atomic E-state index is 11.8. The molecule has 0 amide bonds. The lowest BCUT2D eigenvalue weighted by atomic mass is 10.0. The minimum atomic E-state index is 0.491. The molecule has 0 bridgehead atoms. The van der Waals surface area contributed by atoms with E-state index in [2.05, 4.69) is 27.9 Å². The van der Waals surface area contributed by atoms with Gasteiger partial charge in [0.05, 0.1) is 27.2 Å². The first-order chi connectivity index (χ1) is 10.5. The number of Topliss-reactive ketones (excluding diaryl/α,β-unsaturated/α-hetero) is 1. The molecule has 0 spiro atoms. The third-order valence-electron chi connectivity index (χ3n) is 4.88. The van der Waals surface area contributed by atoms with Crippen molar-refractivity contribution in [2.75, 3.05) is 27.2 Å². The molecular weight excluding hydrogens is 270 g/mol. The quantitative estimate of drug-likeness (QED) is 0.262. The van der Waals surface area contributed by atoms with Gasteiger partial charge in [-0.3, -0.25) is 4.79 Å². The number of hydrogen-bond donors (Lipinski definition) is 0. The van der Waals surface area contributed by atoms with Crippen molar-refractivity contribution in [3.63, 3.8) is 0 Å². The zero-order valence-corrected chi connectivity index (χ0v) is 16.0. The van der Waals surface area contributed by atoms with E-state index in [1.807, 2.05) is 0 Å². The molecule has 0 heterocycles. The van der Waals surface area contributed by atoms with Crippen molar-refractivity contribution in [2.45, 2.75) is 97.3 Å². The molecule has 0 aromatic carbocycles. The van der Waals surface area contributed by atoms with E-state index in [9.17, 15) is 4.79 Å². The van der Waals surface area contributed by atoms with Gasteiger partial charge in [0.25, 0.3) is 0 Å². The number of unbranched alkanes of at least 4 members (excludes halogenated alkanes) is 9. The summed E-state index contributed by atoms with van der Waals surface area (Å²) in [5, 5.41) is 0. The number of carbonyl (C=O) groups excluding carboxylic acids is 1. The maximum Gasteiger partial charge on any atom is 0.132 e. The van der Waals surface area contributed by atoms with Crippen molar-refractivity contribution in [3.05, 3.63) is 0 Å². The Bertz CT molecular complexity index is 260. The second-order valence-corrected chi connectivity index (χ2v) is 7.55. The molecule has 22 heavy (non-hydrogen) atoms. The van der Waals surface area contributed by atoms with E-state index in [0.29, 0.717) is 5.78 Å². The third-order valence-corrected chi connectivity index (χ3v) is 4.88. The van der Waals surface area contributed by atoms with Crippen LogP contribution in [0.25, 0.3) is 0 Å². The summed E-state index contributed by atoms with van der Waals surface area (Å²) in [4.78, 5) is 11.8. The molecule has 0 N–H and O–H groups in total. The topological polar surface area (TPSA) is 17.1 Å². The summed E-state index contributed by atoms with van der Waals surface area (Å²) >= 11 is 0. The Morgan fingerprint density at radius 2 is 1.14 bits per heavy atom. The fraction of sp³-hybridized carbons (Fsp3) is 0.950. The van der Waals surface area contributed by atoms with Crippen LogP contribution in [0.5, 0.6) is 0 Å². The van der Waals surface area contributed by atoms with E-state index in [-0.39, 0.29) is 0 Å². The normalized spacial score (nSPS) is 11.8. The van der Waals surface area contributed by atoms with Crippen molar-refractivity contribution < 1.29 is 9.28 Å². The Hall–Kier alpha value is -0.370. The Morgan fingerprint density at radius 1 is 0.682 bits per heavy atom. The van der Waals surface area contributed by atoms with Crippen LogP contribution in [0.2, 0.25) is 0 Å². The molecule has 2 heteroatoms. The van der Waals surface area contributed by atoms with Gasteiger partial charge in [-0.05, 0) is 26.2 Å². The van der Waals surface area contributed by atoms with E-state index < -0.39 is 0 Å². The summed E-state index contributed by atoms with van der Waals surface area (Å²) in [6, 6.07) is 0. The van der Waals surface area contributed by atoms with Crippen LogP contribution in [-0.4, -0.2) is 37.5 Å². The number of quaternary nitrogens is 1. The Kier molecular flexibility index (Phi) is 14.0. The lowest BCUT2D eigenvalue weighted by Gasteiger charge is -2.28. The molecule has 132 valence electrons. The van der Waals surface area contributed by atoms with Crippen LogP contribution < -0.4 is 0 Å². The van der Waals surface area contributed by atoms with Crippen LogP contribution in [0.15, 0.2) is 0 Å². The SMILES string of the molecule is CCCCCCCCCCCC(=O)CCCC[N+](C)(C)CC. The van der Waals surface area contributed by atoms with E-state index >= 15 is 0 Å². The summed E-state index contributed by atoms with van der Waals surface area (Å²) in [7, 11) is 4.54. The average molecular weight is 313 g/mol. The van der Waals surface area contributed by atoms with E-state index in [4.69, 9.17) is 0 Å². The molecular formula is C20H42NO+. The molecule has 0 rings (SSSR count). The minimum absolute atomic E-state index is 0.491. The first-order valence-corrected chi connectivity index (χ1v) is 9.85. The van der Waals surface area contributed by atoms with Crippen LogP contribution >= 0.6 is 0 Å². The molecule has 0 saturated carbocycles. The zero-order valence-electron chi connectivity index (χ0n) is 16.0. The maximum absolute atomic E-state index is 11.8. The van der Waals surface area contributed by atoms with Gasteiger partial charge in [-0.15, -0.1) is 0 Å². The number of ketones is 1. The van der Waals surface area contributed by atoms with Crippen molar-refractivity contribution >= 4 is 5.78 Å². The molecule has 0 aliphatic heterocycles. The largest absolute Gasteiger partial charge is 0.329 e. The second-order valence-electron chi connectivity index (χ2n) is 7.55. The summed E-state index contributed by atoms with van der Waals surface area (Å²) in [6.45, 7) is 6.87. The standard InChI is InChI=1S/C20H42NO/c1-5-7-8-9-10-11-12-13-14-17-20(22)18-15-16-19-21(3,4)6-2/h5-19H2,1-4H3/q+1. The van der Waals surface area contributed by atoms with Gasteiger partial charge in [0.2, 0.25) is 0 Å². The highest BCUT2D eigenvalue weighted by Gasteiger charge is 2.11.